The molecule has 1 heterocycles. The maximum Gasteiger partial charge on any atom is 0.251 e. The largest absolute Gasteiger partial charge is 0.379 e. The molecule has 1 N–H and O–H groups in total. The van der Waals surface area contributed by atoms with Gasteiger partial charge in [0.2, 0.25) is 0 Å². The van der Waals surface area contributed by atoms with Gasteiger partial charge in [0.25, 0.3) is 5.91 Å². The lowest BCUT2D eigenvalue weighted by molar-refractivity contribution is 0.0342. The number of nitrogens with zero attached hydrogens (tertiary/aromatic N) is 1. The van der Waals surface area contributed by atoms with Gasteiger partial charge < -0.3 is 10.1 Å². The molecule has 0 atom stereocenters. The van der Waals surface area contributed by atoms with Gasteiger partial charge in [0.15, 0.2) is 0 Å². The maximum atomic E-state index is 12.3. The molecule has 0 saturated carbocycles. The van der Waals surface area contributed by atoms with E-state index in [0.29, 0.717) is 6.54 Å². The highest BCUT2D eigenvalue weighted by Gasteiger charge is 2.12. The number of rotatable bonds is 6. The van der Waals surface area contributed by atoms with Gasteiger partial charge in [0.05, 0.1) is 13.2 Å². The van der Waals surface area contributed by atoms with E-state index in [2.05, 4.69) is 28.4 Å². The van der Waals surface area contributed by atoms with Crippen LogP contribution >= 0.6 is 0 Å². The summed E-state index contributed by atoms with van der Waals surface area (Å²) < 4.78 is 5.37. The van der Waals surface area contributed by atoms with Crippen LogP contribution in [0, 0.1) is 0 Å². The van der Waals surface area contributed by atoms with E-state index in [4.69, 9.17) is 4.74 Å². The normalized spacial score (nSPS) is 15.2. The van der Waals surface area contributed by atoms with Crippen molar-refractivity contribution in [2.24, 2.45) is 0 Å². The van der Waals surface area contributed by atoms with E-state index in [9.17, 15) is 4.79 Å². The number of hydrogen-bond acceptors (Lipinski definition) is 3. The molecule has 0 bridgehead atoms. The topological polar surface area (TPSA) is 41.6 Å². The van der Waals surface area contributed by atoms with E-state index in [1.807, 2.05) is 36.4 Å². The number of nitrogens with one attached hydrogen (secondary N) is 1. The second-order valence-electron chi connectivity index (χ2n) is 6.08. The van der Waals surface area contributed by atoms with E-state index in [1.54, 1.807) is 0 Å². The van der Waals surface area contributed by atoms with Crippen LogP contribution in [-0.2, 0) is 17.7 Å². The lowest BCUT2D eigenvalue weighted by Crippen LogP contribution is -2.35. The molecule has 1 aliphatic heterocycles. The van der Waals surface area contributed by atoms with Crippen molar-refractivity contribution in [2.75, 3.05) is 32.8 Å². The summed E-state index contributed by atoms with van der Waals surface area (Å²) in [6.07, 6.45) is 0.847. The zero-order valence-corrected chi connectivity index (χ0v) is 13.9. The first kappa shape index (κ1) is 16.7. The Morgan fingerprint density at radius 1 is 1.00 bits per heavy atom. The van der Waals surface area contributed by atoms with Crippen molar-refractivity contribution in [3.8, 4) is 0 Å². The number of carbonyl (C=O) groups excluding carboxylic acids is 1. The smallest absolute Gasteiger partial charge is 0.251 e. The minimum absolute atomic E-state index is 0.00485. The number of carbonyl (C=O) groups is 1. The van der Waals surface area contributed by atoms with Crippen LogP contribution in [0.3, 0.4) is 0 Å². The zero-order chi connectivity index (χ0) is 16.6. The number of hydrogen-bond donors (Lipinski definition) is 1. The van der Waals surface area contributed by atoms with Crippen LogP contribution in [-0.4, -0.2) is 43.7 Å². The van der Waals surface area contributed by atoms with Gasteiger partial charge in [0.1, 0.15) is 0 Å². The number of amides is 1. The Hall–Kier alpha value is -2.17. The first-order valence-electron chi connectivity index (χ1n) is 8.52. The monoisotopic (exact) mass is 324 g/mol. The van der Waals surface area contributed by atoms with Gasteiger partial charge in [-0.15, -0.1) is 0 Å². The summed E-state index contributed by atoms with van der Waals surface area (Å²) in [6, 6.07) is 18.1. The Bertz CT molecular complexity index is 652. The average molecular weight is 324 g/mol. The fraction of sp³-hybridized carbons (Fsp3) is 0.350. The summed E-state index contributed by atoms with van der Waals surface area (Å²) in [5, 5.41) is 3.01. The Balaban J connectivity index is 1.51. The molecule has 0 unspecified atom stereocenters. The van der Waals surface area contributed by atoms with Crippen LogP contribution in [0.4, 0.5) is 0 Å². The van der Waals surface area contributed by atoms with Gasteiger partial charge in [0, 0.05) is 31.7 Å². The van der Waals surface area contributed by atoms with Gasteiger partial charge in [-0.3, -0.25) is 9.69 Å². The van der Waals surface area contributed by atoms with E-state index < -0.39 is 0 Å². The quantitative estimate of drug-likeness (QED) is 0.888. The second kappa shape index (κ2) is 8.62. The maximum absolute atomic E-state index is 12.3. The highest BCUT2D eigenvalue weighted by Crippen LogP contribution is 2.10. The van der Waals surface area contributed by atoms with Crippen molar-refractivity contribution in [1.82, 2.24) is 10.2 Å². The zero-order valence-electron chi connectivity index (χ0n) is 13.9. The lowest BCUT2D eigenvalue weighted by atomic mass is 10.1. The van der Waals surface area contributed by atoms with Crippen molar-refractivity contribution >= 4 is 5.91 Å². The Labute approximate surface area is 143 Å². The molecule has 0 aromatic heterocycles. The summed E-state index contributed by atoms with van der Waals surface area (Å²) in [5.74, 6) is -0.00485. The molecule has 1 aliphatic rings. The standard InChI is InChI=1S/C20H24N2O2/c23-20(21-10-9-17-5-2-1-3-6-17)19-8-4-7-18(15-19)16-22-11-13-24-14-12-22/h1-8,15H,9-14,16H2,(H,21,23). The highest BCUT2D eigenvalue weighted by molar-refractivity contribution is 5.94. The Morgan fingerprint density at radius 2 is 1.75 bits per heavy atom. The molecule has 0 radical (unpaired) electrons. The number of benzene rings is 2. The van der Waals surface area contributed by atoms with E-state index in [-0.39, 0.29) is 5.91 Å². The molecule has 126 valence electrons. The summed E-state index contributed by atoms with van der Waals surface area (Å²) in [7, 11) is 0. The molecule has 1 amide bonds. The molecule has 24 heavy (non-hydrogen) atoms. The molecule has 2 aromatic carbocycles. The molecule has 4 nitrogen and oxygen atoms in total. The van der Waals surface area contributed by atoms with Crippen molar-refractivity contribution < 1.29 is 9.53 Å². The number of ether oxygens (including phenoxy) is 1. The van der Waals surface area contributed by atoms with Gasteiger partial charge in [-0.2, -0.15) is 0 Å². The van der Waals surface area contributed by atoms with Crippen LogP contribution in [0.2, 0.25) is 0 Å². The molecule has 1 fully saturated rings. The van der Waals surface area contributed by atoms with Gasteiger partial charge >= 0.3 is 0 Å². The van der Waals surface area contributed by atoms with Crippen LogP contribution < -0.4 is 5.32 Å². The third kappa shape index (κ3) is 4.91. The van der Waals surface area contributed by atoms with E-state index >= 15 is 0 Å². The summed E-state index contributed by atoms with van der Waals surface area (Å²) in [6.45, 7) is 5.01. The minimum Gasteiger partial charge on any atom is -0.379 e. The minimum atomic E-state index is -0.00485. The fourth-order valence-electron chi connectivity index (χ4n) is 2.90. The average Bonchev–Trinajstić information content (AvgIpc) is 2.64. The Morgan fingerprint density at radius 3 is 2.54 bits per heavy atom. The molecule has 3 rings (SSSR count). The van der Waals surface area contributed by atoms with Crippen LogP contribution in [0.15, 0.2) is 54.6 Å². The van der Waals surface area contributed by atoms with Crippen molar-refractivity contribution in [3.05, 3.63) is 71.3 Å². The van der Waals surface area contributed by atoms with Crippen LogP contribution in [0.5, 0.6) is 0 Å². The Kier molecular flexibility index (Phi) is 5.99. The third-order valence-corrected chi connectivity index (χ3v) is 4.24. The van der Waals surface area contributed by atoms with E-state index in [1.165, 1.54) is 11.1 Å². The first-order valence-corrected chi connectivity index (χ1v) is 8.52. The molecule has 0 aliphatic carbocycles. The molecular formula is C20H24N2O2. The fourth-order valence-corrected chi connectivity index (χ4v) is 2.90. The van der Waals surface area contributed by atoms with Crippen molar-refractivity contribution in [2.45, 2.75) is 13.0 Å². The van der Waals surface area contributed by atoms with E-state index in [0.717, 1.165) is 44.8 Å². The van der Waals surface area contributed by atoms with Gasteiger partial charge in [-0.25, -0.2) is 0 Å². The third-order valence-electron chi connectivity index (χ3n) is 4.24. The molecule has 1 saturated heterocycles. The predicted molar refractivity (Wildman–Crippen MR) is 95.0 cm³/mol. The predicted octanol–water partition coefficient (Wildman–Crippen LogP) is 2.49. The number of morpholine rings is 1. The van der Waals surface area contributed by atoms with Crippen LogP contribution in [0.1, 0.15) is 21.5 Å². The molecule has 4 heteroatoms. The van der Waals surface area contributed by atoms with Crippen LogP contribution in [0.25, 0.3) is 0 Å². The molecule has 0 spiro atoms. The van der Waals surface area contributed by atoms with Crippen molar-refractivity contribution in [1.29, 1.82) is 0 Å². The summed E-state index contributed by atoms with van der Waals surface area (Å²) >= 11 is 0. The summed E-state index contributed by atoms with van der Waals surface area (Å²) in [4.78, 5) is 14.7. The highest BCUT2D eigenvalue weighted by atomic mass is 16.5. The second-order valence-corrected chi connectivity index (χ2v) is 6.08. The van der Waals surface area contributed by atoms with Crippen molar-refractivity contribution in [3.63, 3.8) is 0 Å². The lowest BCUT2D eigenvalue weighted by Gasteiger charge is -2.26. The molecular weight excluding hydrogens is 300 g/mol. The van der Waals surface area contributed by atoms with Gasteiger partial charge in [-0.1, -0.05) is 42.5 Å². The summed E-state index contributed by atoms with van der Waals surface area (Å²) in [5.41, 5.74) is 3.14. The molecule has 2 aromatic rings. The first-order chi connectivity index (χ1) is 11.8. The SMILES string of the molecule is O=C(NCCc1ccccc1)c1cccc(CN2CCOCC2)c1. The van der Waals surface area contributed by atoms with Gasteiger partial charge in [-0.05, 0) is 29.7 Å².